The lowest BCUT2D eigenvalue weighted by Crippen LogP contribution is -2.58. The van der Waals surface area contributed by atoms with E-state index in [4.69, 9.17) is 14.2 Å². The summed E-state index contributed by atoms with van der Waals surface area (Å²) in [7, 11) is 0.0280. The molecule has 3 saturated carbocycles. The van der Waals surface area contributed by atoms with Crippen LogP contribution in [0.1, 0.15) is 94.6 Å². The number of allylic oxidation sites excluding steroid dienone is 1. The Labute approximate surface area is 334 Å². The zero-order valence-corrected chi connectivity index (χ0v) is 33.7. The van der Waals surface area contributed by atoms with Gasteiger partial charge in [0.15, 0.2) is 0 Å². The average molecular weight is 813 g/mol. The highest BCUT2D eigenvalue weighted by Crippen LogP contribution is 2.46. The number of alkyl carbamates (subject to hydrolysis) is 1. The normalized spacial score (nSPS) is 28.1. The standard InChI is InChI=1S/C40H56N6O10S/c1-44(2)18-19-54-30-15-14-26-23-45(24-27(26)20-30)39(51)56-31-21-34-35(47)42-40(37(49)43-57(52,53)32-16-17-32)22-28(40)10-6-4-3-5-7-13-33(36(48)46(34)25-31)41-38(50)55-29-11-8-9-12-29/h6,10,14-15,20,28-29,31-34H,3-5,7-9,11-13,16-19,21-25H2,1-2H3,(H,41,50)(H,42,47)(H,43,49)/t28-,31-,33+,34+,40-/m1/s1. The lowest BCUT2D eigenvalue weighted by molar-refractivity contribution is -0.141. The molecule has 3 aliphatic carbocycles. The van der Waals surface area contributed by atoms with Crippen LogP contribution in [0.15, 0.2) is 30.4 Å². The SMILES string of the molecule is CN(C)CCOc1ccc2c(c1)CN(C(=O)O[C@@H]1C[C@H]3C(=O)N[C@]4(C(=O)NS(=O)(=O)C5CC5)C[C@H]4C=CCCCCC[C@H](NC(=O)OC4CCCC4)C(=O)N3C1)C2. The summed E-state index contributed by atoms with van der Waals surface area (Å²) in [5, 5.41) is 4.98. The van der Waals surface area contributed by atoms with E-state index in [0.717, 1.165) is 56.2 Å². The monoisotopic (exact) mass is 812 g/mol. The van der Waals surface area contributed by atoms with E-state index >= 15 is 0 Å². The molecule has 57 heavy (non-hydrogen) atoms. The summed E-state index contributed by atoms with van der Waals surface area (Å²) in [4.78, 5) is 74.2. The predicted octanol–water partition coefficient (Wildman–Crippen LogP) is 3.09. The molecular weight excluding hydrogens is 757 g/mol. The van der Waals surface area contributed by atoms with E-state index in [1.165, 1.54) is 4.90 Å². The van der Waals surface area contributed by atoms with E-state index in [-0.39, 0.29) is 25.5 Å². The number of ether oxygens (including phenoxy) is 3. The molecule has 0 unspecified atom stereocenters. The zero-order chi connectivity index (χ0) is 40.3. The van der Waals surface area contributed by atoms with Gasteiger partial charge in [-0.3, -0.25) is 24.0 Å². The molecule has 16 nitrogen and oxygen atoms in total. The van der Waals surface area contributed by atoms with E-state index in [9.17, 15) is 32.4 Å². The molecule has 0 radical (unpaired) electrons. The van der Waals surface area contributed by atoms with Crippen LogP contribution in [-0.4, -0.2) is 122 Å². The number of likely N-dealkylation sites (N-methyl/N-ethyl adjacent to an activating group) is 1. The van der Waals surface area contributed by atoms with Crippen molar-refractivity contribution in [1.82, 2.24) is 30.1 Å². The number of nitrogens with one attached hydrogen (secondary N) is 3. The smallest absolute Gasteiger partial charge is 0.410 e. The third-order valence-electron chi connectivity index (χ3n) is 11.9. The van der Waals surface area contributed by atoms with Crippen LogP contribution in [0.3, 0.4) is 0 Å². The van der Waals surface area contributed by atoms with Gasteiger partial charge in [-0.25, -0.2) is 18.0 Å². The fourth-order valence-corrected chi connectivity index (χ4v) is 9.70. The first-order chi connectivity index (χ1) is 27.3. The van der Waals surface area contributed by atoms with Gasteiger partial charge in [-0.05, 0) is 102 Å². The summed E-state index contributed by atoms with van der Waals surface area (Å²) < 4.78 is 45.4. The van der Waals surface area contributed by atoms with Crippen molar-refractivity contribution in [2.24, 2.45) is 5.92 Å². The molecule has 1 aromatic rings. The number of hydrogen-bond donors (Lipinski definition) is 3. The largest absolute Gasteiger partial charge is 0.492 e. The second kappa shape index (κ2) is 17.2. The highest BCUT2D eigenvalue weighted by molar-refractivity contribution is 7.91. The molecule has 6 aliphatic rings. The number of benzene rings is 1. The first-order valence-corrected chi connectivity index (χ1v) is 22.0. The van der Waals surface area contributed by atoms with Crippen molar-refractivity contribution in [3.63, 3.8) is 0 Å². The predicted molar refractivity (Wildman–Crippen MR) is 207 cm³/mol. The van der Waals surface area contributed by atoms with Gasteiger partial charge in [0.1, 0.15) is 42.2 Å². The number of carbonyl (C=O) groups is 5. The van der Waals surface area contributed by atoms with E-state index in [2.05, 4.69) is 15.4 Å². The molecule has 3 aliphatic heterocycles. The van der Waals surface area contributed by atoms with Crippen LogP contribution in [0.25, 0.3) is 0 Å². The lowest BCUT2D eigenvalue weighted by atomic mass is 10.0. The third-order valence-corrected chi connectivity index (χ3v) is 13.8. The van der Waals surface area contributed by atoms with E-state index in [0.29, 0.717) is 57.6 Å². The molecule has 3 N–H and O–H groups in total. The topological polar surface area (TPSA) is 193 Å². The third kappa shape index (κ3) is 9.85. The highest BCUT2D eigenvalue weighted by Gasteiger charge is 2.62. The van der Waals surface area contributed by atoms with Crippen molar-refractivity contribution >= 4 is 39.9 Å². The number of hydrogen-bond acceptors (Lipinski definition) is 11. The molecule has 1 saturated heterocycles. The summed E-state index contributed by atoms with van der Waals surface area (Å²) in [5.74, 6) is -1.75. The van der Waals surface area contributed by atoms with Gasteiger partial charge in [0.05, 0.1) is 11.8 Å². The second-order valence-corrected chi connectivity index (χ2v) is 18.7. The summed E-state index contributed by atoms with van der Waals surface area (Å²) in [5.41, 5.74) is 0.360. The number of rotatable bonds is 10. The maximum Gasteiger partial charge on any atom is 0.410 e. The minimum Gasteiger partial charge on any atom is -0.492 e. The van der Waals surface area contributed by atoms with E-state index in [1.807, 2.05) is 49.3 Å². The Morgan fingerprint density at radius 1 is 0.947 bits per heavy atom. The Morgan fingerprint density at radius 2 is 1.70 bits per heavy atom. The lowest BCUT2D eigenvalue weighted by Gasteiger charge is -2.30. The van der Waals surface area contributed by atoms with Gasteiger partial charge in [-0.1, -0.05) is 31.1 Å². The quantitative estimate of drug-likeness (QED) is 0.294. The summed E-state index contributed by atoms with van der Waals surface area (Å²) >= 11 is 0. The fourth-order valence-electron chi connectivity index (χ4n) is 8.33. The van der Waals surface area contributed by atoms with Gasteiger partial charge in [0.2, 0.25) is 21.8 Å². The Hall–Kier alpha value is -4.38. The Morgan fingerprint density at radius 3 is 2.46 bits per heavy atom. The van der Waals surface area contributed by atoms with Crippen LogP contribution < -0.4 is 20.1 Å². The van der Waals surface area contributed by atoms with Crippen LogP contribution in [0.4, 0.5) is 9.59 Å². The van der Waals surface area contributed by atoms with Crippen LogP contribution in [0.2, 0.25) is 0 Å². The number of amides is 5. The average Bonchev–Trinajstić information content (AvgIpc) is 3.95. The van der Waals surface area contributed by atoms with Crippen molar-refractivity contribution in [3.8, 4) is 5.75 Å². The first kappa shape index (κ1) is 40.8. The molecule has 17 heteroatoms. The number of sulfonamides is 1. The minimum absolute atomic E-state index is 0.0637. The second-order valence-electron chi connectivity index (χ2n) is 16.7. The highest BCUT2D eigenvalue weighted by atomic mass is 32.2. The molecule has 5 atom stereocenters. The molecule has 0 aromatic heterocycles. The molecule has 7 rings (SSSR count). The van der Waals surface area contributed by atoms with Crippen LogP contribution >= 0.6 is 0 Å². The summed E-state index contributed by atoms with van der Waals surface area (Å²) in [6, 6.07) is 3.53. The Balaban J connectivity index is 1.09. The van der Waals surface area contributed by atoms with Crippen LogP contribution in [-0.2, 0) is 47.0 Å². The molecule has 0 spiro atoms. The van der Waals surface area contributed by atoms with E-state index in [1.54, 1.807) is 4.90 Å². The van der Waals surface area contributed by atoms with Gasteiger partial charge < -0.3 is 34.6 Å². The van der Waals surface area contributed by atoms with Gasteiger partial charge in [0, 0.05) is 32.0 Å². The van der Waals surface area contributed by atoms with Crippen LogP contribution in [0.5, 0.6) is 5.75 Å². The van der Waals surface area contributed by atoms with Gasteiger partial charge in [-0.15, -0.1) is 0 Å². The maximum absolute atomic E-state index is 14.5. The van der Waals surface area contributed by atoms with Gasteiger partial charge in [-0.2, -0.15) is 0 Å². The fraction of sp³-hybridized carbons (Fsp3) is 0.675. The number of carbonyl (C=O) groups excluding carboxylic acids is 5. The van der Waals surface area contributed by atoms with Gasteiger partial charge in [0.25, 0.3) is 5.91 Å². The summed E-state index contributed by atoms with van der Waals surface area (Å²) in [6.07, 6.45) is 9.01. The van der Waals surface area contributed by atoms with E-state index < -0.39 is 74.8 Å². The molecule has 0 bridgehead atoms. The van der Waals surface area contributed by atoms with Crippen molar-refractivity contribution in [2.45, 2.75) is 132 Å². The van der Waals surface area contributed by atoms with Crippen molar-refractivity contribution in [3.05, 3.63) is 41.5 Å². The molecular formula is C40H56N6O10S. The van der Waals surface area contributed by atoms with Gasteiger partial charge >= 0.3 is 12.2 Å². The molecule has 4 fully saturated rings. The van der Waals surface area contributed by atoms with Crippen molar-refractivity contribution in [2.75, 3.05) is 33.8 Å². The number of nitrogens with zero attached hydrogens (tertiary/aromatic N) is 3. The Bertz CT molecular complexity index is 1850. The molecule has 1 aromatic carbocycles. The molecule has 5 amide bonds. The number of fused-ring (bicyclic) bond motifs is 3. The molecule has 312 valence electrons. The zero-order valence-electron chi connectivity index (χ0n) is 32.9. The summed E-state index contributed by atoms with van der Waals surface area (Å²) in [6.45, 7) is 1.76. The van der Waals surface area contributed by atoms with Crippen LogP contribution in [0, 0.1) is 5.92 Å². The van der Waals surface area contributed by atoms with Crippen molar-refractivity contribution in [1.29, 1.82) is 0 Å². The Kier molecular flexibility index (Phi) is 12.3. The minimum atomic E-state index is -3.91. The van der Waals surface area contributed by atoms with Crippen molar-refractivity contribution < 1.29 is 46.6 Å². The maximum atomic E-state index is 14.5. The first-order valence-electron chi connectivity index (χ1n) is 20.5. The molecule has 3 heterocycles.